The highest BCUT2D eigenvalue weighted by atomic mass is 14.9. The van der Waals surface area contributed by atoms with Crippen molar-refractivity contribution in [2.45, 2.75) is 32.6 Å². The number of hydrogen-bond acceptors (Lipinski definition) is 1. The van der Waals surface area contributed by atoms with Crippen molar-refractivity contribution in [3.8, 4) is 0 Å². The number of rotatable bonds is 1. The molecule has 2 aromatic rings. The fourth-order valence-electron chi connectivity index (χ4n) is 3.15. The van der Waals surface area contributed by atoms with Crippen molar-refractivity contribution >= 4 is 10.9 Å². The van der Waals surface area contributed by atoms with Crippen LogP contribution in [0.1, 0.15) is 35.6 Å². The Balaban J connectivity index is 2.14. The average Bonchev–Trinajstić information content (AvgIpc) is 2.68. The van der Waals surface area contributed by atoms with Gasteiger partial charge < -0.3 is 10.3 Å². The number of H-pyrrole nitrogens is 1. The van der Waals surface area contributed by atoms with Gasteiger partial charge >= 0.3 is 0 Å². The first-order chi connectivity index (χ1) is 8.27. The summed E-state index contributed by atoms with van der Waals surface area (Å²) in [7, 11) is 0. The molecule has 0 unspecified atom stereocenters. The lowest BCUT2D eigenvalue weighted by Gasteiger charge is -2.23. The molecule has 2 nitrogen and oxygen atoms in total. The third kappa shape index (κ3) is 1.77. The van der Waals surface area contributed by atoms with E-state index in [2.05, 4.69) is 42.3 Å². The Kier molecular flexibility index (Phi) is 2.67. The minimum atomic E-state index is 0.729. The molecule has 0 radical (unpaired) electrons. The van der Waals surface area contributed by atoms with Gasteiger partial charge in [-0.05, 0) is 56.8 Å². The standard InChI is InChI=1S/C15H20N2/c1-10-4-3-5-13-14(11(2)17-15(10)13)12-6-8-16-9-7-12/h3-5,12,16-17H,6-9H2,1-2H3. The summed E-state index contributed by atoms with van der Waals surface area (Å²) >= 11 is 0. The Bertz CT molecular complexity index is 533. The topological polar surface area (TPSA) is 27.8 Å². The summed E-state index contributed by atoms with van der Waals surface area (Å²) in [5, 5.41) is 4.88. The van der Waals surface area contributed by atoms with Gasteiger partial charge in [0.05, 0.1) is 0 Å². The zero-order valence-corrected chi connectivity index (χ0v) is 10.6. The van der Waals surface area contributed by atoms with Gasteiger partial charge in [0.1, 0.15) is 0 Å². The monoisotopic (exact) mass is 228 g/mol. The minimum absolute atomic E-state index is 0.729. The Labute approximate surface area is 102 Å². The van der Waals surface area contributed by atoms with Gasteiger partial charge in [-0.1, -0.05) is 18.2 Å². The van der Waals surface area contributed by atoms with Crippen LogP contribution in [0.5, 0.6) is 0 Å². The van der Waals surface area contributed by atoms with E-state index in [-0.39, 0.29) is 0 Å². The maximum absolute atomic E-state index is 3.57. The molecule has 2 heterocycles. The van der Waals surface area contributed by atoms with E-state index in [9.17, 15) is 0 Å². The molecule has 2 heteroatoms. The molecule has 0 saturated carbocycles. The Hall–Kier alpha value is -1.28. The van der Waals surface area contributed by atoms with Crippen molar-refractivity contribution in [1.29, 1.82) is 0 Å². The van der Waals surface area contributed by atoms with Crippen molar-refractivity contribution < 1.29 is 0 Å². The molecule has 2 N–H and O–H groups in total. The number of nitrogens with one attached hydrogen (secondary N) is 2. The van der Waals surface area contributed by atoms with Crippen LogP contribution in [0.2, 0.25) is 0 Å². The predicted octanol–water partition coefficient (Wildman–Crippen LogP) is 3.25. The van der Waals surface area contributed by atoms with Crippen molar-refractivity contribution in [3.05, 3.63) is 35.0 Å². The smallest absolute Gasteiger partial charge is 0.0488 e. The van der Waals surface area contributed by atoms with Crippen LogP contribution in [0.3, 0.4) is 0 Å². The molecule has 0 aliphatic carbocycles. The number of benzene rings is 1. The van der Waals surface area contributed by atoms with E-state index in [4.69, 9.17) is 0 Å². The summed E-state index contributed by atoms with van der Waals surface area (Å²) in [5.41, 5.74) is 5.61. The second-order valence-electron chi connectivity index (χ2n) is 5.19. The normalized spacial score (nSPS) is 17.8. The fourth-order valence-corrected chi connectivity index (χ4v) is 3.15. The SMILES string of the molecule is Cc1[nH]c2c(C)cccc2c1C1CCNCC1. The zero-order chi connectivity index (χ0) is 11.8. The molecular formula is C15H20N2. The number of para-hydroxylation sites is 1. The highest BCUT2D eigenvalue weighted by Gasteiger charge is 2.21. The van der Waals surface area contributed by atoms with Gasteiger partial charge in [0.15, 0.2) is 0 Å². The molecule has 0 spiro atoms. The van der Waals surface area contributed by atoms with Gasteiger partial charge in [0.25, 0.3) is 0 Å². The molecule has 0 bridgehead atoms. The number of fused-ring (bicyclic) bond motifs is 1. The van der Waals surface area contributed by atoms with Crippen LogP contribution < -0.4 is 5.32 Å². The van der Waals surface area contributed by atoms with E-state index in [0.29, 0.717) is 0 Å². The lowest BCUT2D eigenvalue weighted by molar-refractivity contribution is 0.461. The summed E-state index contributed by atoms with van der Waals surface area (Å²) in [4.78, 5) is 3.57. The van der Waals surface area contributed by atoms with E-state index < -0.39 is 0 Å². The predicted molar refractivity (Wildman–Crippen MR) is 72.6 cm³/mol. The molecule has 1 fully saturated rings. The molecule has 0 atom stereocenters. The quantitative estimate of drug-likeness (QED) is 0.770. The van der Waals surface area contributed by atoms with E-state index in [1.807, 2.05) is 0 Å². The third-order valence-corrected chi connectivity index (χ3v) is 4.03. The highest BCUT2D eigenvalue weighted by Crippen LogP contribution is 2.34. The Morgan fingerprint density at radius 2 is 1.88 bits per heavy atom. The van der Waals surface area contributed by atoms with Gasteiger partial charge in [-0.2, -0.15) is 0 Å². The molecule has 1 aliphatic heterocycles. The Morgan fingerprint density at radius 1 is 1.12 bits per heavy atom. The van der Waals surface area contributed by atoms with E-state index in [1.165, 1.54) is 35.0 Å². The summed E-state index contributed by atoms with van der Waals surface area (Å²) in [6, 6.07) is 6.63. The van der Waals surface area contributed by atoms with E-state index in [1.54, 1.807) is 5.56 Å². The Morgan fingerprint density at radius 3 is 2.65 bits per heavy atom. The van der Waals surface area contributed by atoms with Gasteiger partial charge in [-0.15, -0.1) is 0 Å². The highest BCUT2D eigenvalue weighted by molar-refractivity contribution is 5.87. The van der Waals surface area contributed by atoms with Gasteiger partial charge in [-0.25, -0.2) is 0 Å². The maximum atomic E-state index is 3.57. The molecule has 90 valence electrons. The second-order valence-corrected chi connectivity index (χ2v) is 5.19. The number of hydrogen-bond donors (Lipinski definition) is 2. The summed E-state index contributed by atoms with van der Waals surface area (Å²) in [6.07, 6.45) is 2.53. The van der Waals surface area contributed by atoms with Crippen LogP contribution >= 0.6 is 0 Å². The fraction of sp³-hybridized carbons (Fsp3) is 0.467. The van der Waals surface area contributed by atoms with Crippen molar-refractivity contribution in [2.24, 2.45) is 0 Å². The van der Waals surface area contributed by atoms with Crippen LogP contribution in [0, 0.1) is 13.8 Å². The first-order valence-corrected chi connectivity index (χ1v) is 6.56. The first kappa shape index (κ1) is 10.8. The van der Waals surface area contributed by atoms with Gasteiger partial charge in [0.2, 0.25) is 0 Å². The van der Waals surface area contributed by atoms with Crippen LogP contribution in [-0.4, -0.2) is 18.1 Å². The molecule has 0 amide bonds. The molecule has 17 heavy (non-hydrogen) atoms. The summed E-state index contributed by atoms with van der Waals surface area (Å²) in [6.45, 7) is 6.71. The number of aryl methyl sites for hydroxylation is 2. The molecule has 1 aromatic carbocycles. The molecule has 1 aromatic heterocycles. The lowest BCUT2D eigenvalue weighted by Crippen LogP contribution is -2.26. The van der Waals surface area contributed by atoms with Gasteiger partial charge in [0, 0.05) is 16.6 Å². The number of aromatic amines is 1. The second kappa shape index (κ2) is 4.19. The van der Waals surface area contributed by atoms with Crippen LogP contribution in [0.25, 0.3) is 10.9 Å². The number of piperidine rings is 1. The third-order valence-electron chi connectivity index (χ3n) is 4.03. The molecule has 1 saturated heterocycles. The summed E-state index contributed by atoms with van der Waals surface area (Å²) in [5.74, 6) is 0.729. The maximum Gasteiger partial charge on any atom is 0.0488 e. The van der Waals surface area contributed by atoms with Crippen molar-refractivity contribution in [1.82, 2.24) is 10.3 Å². The average molecular weight is 228 g/mol. The largest absolute Gasteiger partial charge is 0.358 e. The van der Waals surface area contributed by atoms with E-state index >= 15 is 0 Å². The van der Waals surface area contributed by atoms with Gasteiger partial charge in [-0.3, -0.25) is 0 Å². The minimum Gasteiger partial charge on any atom is -0.358 e. The van der Waals surface area contributed by atoms with Crippen LogP contribution in [-0.2, 0) is 0 Å². The lowest BCUT2D eigenvalue weighted by atomic mass is 9.88. The van der Waals surface area contributed by atoms with Crippen LogP contribution in [0.4, 0.5) is 0 Å². The molecule has 1 aliphatic rings. The van der Waals surface area contributed by atoms with E-state index in [0.717, 1.165) is 19.0 Å². The molecule has 3 rings (SSSR count). The van der Waals surface area contributed by atoms with Crippen LogP contribution in [0.15, 0.2) is 18.2 Å². The summed E-state index contributed by atoms with van der Waals surface area (Å²) < 4.78 is 0. The number of aromatic nitrogens is 1. The molecular weight excluding hydrogens is 208 g/mol. The zero-order valence-electron chi connectivity index (χ0n) is 10.6. The van der Waals surface area contributed by atoms with Crippen molar-refractivity contribution in [3.63, 3.8) is 0 Å². The van der Waals surface area contributed by atoms with Crippen molar-refractivity contribution in [2.75, 3.05) is 13.1 Å². The first-order valence-electron chi connectivity index (χ1n) is 6.56.